The van der Waals surface area contributed by atoms with Crippen molar-refractivity contribution in [1.82, 2.24) is 29.3 Å². The molecule has 1 unspecified atom stereocenters. The van der Waals surface area contributed by atoms with Crippen LogP contribution < -0.4 is 16.6 Å². The molecule has 4 aromatic heterocycles. The SMILES string of the molecule is CC(C)c1cc(C(=O)Nc2ccc(-c3cn(C(CF)C(F)F)c4ncnc(N)c34)cc2)c(=O)n(-c2ccc(F)cn2)n1. The van der Waals surface area contributed by atoms with E-state index < -0.39 is 36.4 Å². The van der Waals surface area contributed by atoms with E-state index in [1.165, 1.54) is 18.3 Å². The van der Waals surface area contributed by atoms with Gasteiger partial charge in [0.1, 0.15) is 41.9 Å². The summed E-state index contributed by atoms with van der Waals surface area (Å²) in [7, 11) is 0. The van der Waals surface area contributed by atoms with Crippen LogP contribution in [0.25, 0.3) is 28.0 Å². The molecular formula is C28H24F4N8O2. The number of nitrogen functional groups attached to an aromatic ring is 1. The molecule has 0 saturated heterocycles. The maximum atomic E-state index is 13.6. The maximum absolute atomic E-state index is 13.6. The number of hydrogen-bond acceptors (Lipinski definition) is 7. The molecule has 5 aromatic rings. The highest BCUT2D eigenvalue weighted by molar-refractivity contribution is 6.05. The Morgan fingerprint density at radius 1 is 1.07 bits per heavy atom. The van der Waals surface area contributed by atoms with Gasteiger partial charge in [-0.15, -0.1) is 0 Å². The van der Waals surface area contributed by atoms with Crippen LogP contribution in [-0.2, 0) is 0 Å². The first kappa shape index (κ1) is 28.4. The van der Waals surface area contributed by atoms with E-state index in [9.17, 15) is 27.2 Å². The molecule has 0 saturated carbocycles. The second kappa shape index (κ2) is 11.4. The summed E-state index contributed by atoms with van der Waals surface area (Å²) in [5.74, 6) is -1.38. The Morgan fingerprint density at radius 2 is 1.81 bits per heavy atom. The number of hydrogen-bond donors (Lipinski definition) is 2. The third-order valence-electron chi connectivity index (χ3n) is 6.59. The minimum atomic E-state index is -2.99. The Morgan fingerprint density at radius 3 is 2.43 bits per heavy atom. The van der Waals surface area contributed by atoms with E-state index in [4.69, 9.17) is 5.73 Å². The van der Waals surface area contributed by atoms with Gasteiger partial charge in [-0.3, -0.25) is 9.59 Å². The van der Waals surface area contributed by atoms with E-state index in [0.717, 1.165) is 27.8 Å². The third-order valence-corrected chi connectivity index (χ3v) is 6.59. The largest absolute Gasteiger partial charge is 0.383 e. The van der Waals surface area contributed by atoms with Crippen LogP contribution in [0.15, 0.2) is 66.0 Å². The number of fused-ring (bicyclic) bond motifs is 1. The Balaban J connectivity index is 1.48. The van der Waals surface area contributed by atoms with Gasteiger partial charge in [-0.2, -0.15) is 9.78 Å². The van der Waals surface area contributed by atoms with Gasteiger partial charge in [0.25, 0.3) is 17.9 Å². The van der Waals surface area contributed by atoms with Gasteiger partial charge in [0.05, 0.1) is 17.3 Å². The average molecular weight is 581 g/mol. The van der Waals surface area contributed by atoms with Crippen molar-refractivity contribution in [2.45, 2.75) is 32.2 Å². The topological polar surface area (TPSA) is 134 Å². The first-order valence-corrected chi connectivity index (χ1v) is 12.7. The minimum Gasteiger partial charge on any atom is -0.383 e. The first-order chi connectivity index (χ1) is 20.1. The van der Waals surface area contributed by atoms with Crippen LogP contribution in [0.5, 0.6) is 0 Å². The summed E-state index contributed by atoms with van der Waals surface area (Å²) in [6.45, 7) is 2.35. The second-order valence-electron chi connectivity index (χ2n) is 9.68. The van der Waals surface area contributed by atoms with Crippen molar-refractivity contribution in [3.05, 3.63) is 88.6 Å². The molecule has 0 aliphatic rings. The van der Waals surface area contributed by atoms with Crippen LogP contribution in [0.2, 0.25) is 0 Å². The third kappa shape index (κ3) is 5.30. The molecule has 0 bridgehead atoms. The van der Waals surface area contributed by atoms with Crippen LogP contribution in [0, 0.1) is 5.82 Å². The normalized spacial score (nSPS) is 12.3. The van der Waals surface area contributed by atoms with Gasteiger partial charge in [0, 0.05) is 17.4 Å². The van der Waals surface area contributed by atoms with E-state index in [-0.39, 0.29) is 34.2 Å². The van der Waals surface area contributed by atoms with Gasteiger partial charge in [-0.05, 0) is 41.8 Å². The Hall–Kier alpha value is -5.14. The van der Waals surface area contributed by atoms with Crippen LogP contribution in [0.4, 0.5) is 29.1 Å². The lowest BCUT2D eigenvalue weighted by Crippen LogP contribution is -2.31. The lowest BCUT2D eigenvalue weighted by atomic mass is 10.1. The number of rotatable bonds is 8. The number of nitrogens with two attached hydrogens (primary N) is 1. The fourth-order valence-corrected chi connectivity index (χ4v) is 4.38. The number of pyridine rings is 1. The highest BCUT2D eigenvalue weighted by atomic mass is 19.3. The number of carbonyl (C=O) groups is 1. The molecule has 3 N–H and O–H groups in total. The zero-order chi connectivity index (χ0) is 30.1. The number of carbonyl (C=O) groups excluding carboxylic acids is 1. The molecule has 0 spiro atoms. The number of alkyl halides is 3. The number of halogens is 4. The summed E-state index contributed by atoms with van der Waals surface area (Å²) < 4.78 is 56.0. The molecule has 4 heterocycles. The molecule has 1 amide bonds. The molecule has 0 aliphatic carbocycles. The molecule has 14 heteroatoms. The highest BCUT2D eigenvalue weighted by Crippen LogP contribution is 2.36. The Bertz CT molecular complexity index is 1820. The fourth-order valence-electron chi connectivity index (χ4n) is 4.38. The number of nitrogens with one attached hydrogen (secondary N) is 1. The average Bonchev–Trinajstić information content (AvgIpc) is 3.34. The van der Waals surface area contributed by atoms with Gasteiger partial charge in [-0.1, -0.05) is 26.0 Å². The van der Waals surface area contributed by atoms with Crippen molar-refractivity contribution < 1.29 is 22.4 Å². The van der Waals surface area contributed by atoms with Crippen molar-refractivity contribution in [1.29, 1.82) is 0 Å². The van der Waals surface area contributed by atoms with Crippen molar-refractivity contribution in [3.63, 3.8) is 0 Å². The molecule has 0 aliphatic heterocycles. The standard InChI is InChI=1S/C28H24F4N8O2/c1-14(2)20-9-18(28(42)40(38-20)22-8-5-16(30)11-34-22)27(41)37-17-6-3-15(4-7-17)19-12-39(21(10-29)24(31)32)26-23(19)25(33)35-13-36-26/h3-9,11-14,21,24H,10H2,1-2H3,(H,37,41)(H2,33,35,36). The van der Waals surface area contributed by atoms with Crippen molar-refractivity contribution in [3.8, 4) is 16.9 Å². The van der Waals surface area contributed by atoms with E-state index in [0.29, 0.717) is 22.5 Å². The molecule has 10 nitrogen and oxygen atoms in total. The molecule has 5 rings (SSSR count). The van der Waals surface area contributed by atoms with Crippen LogP contribution in [-0.4, -0.2) is 48.3 Å². The molecule has 216 valence electrons. The Kier molecular flexibility index (Phi) is 7.70. The van der Waals surface area contributed by atoms with Crippen LogP contribution in [0.3, 0.4) is 0 Å². The second-order valence-corrected chi connectivity index (χ2v) is 9.68. The number of aromatic nitrogens is 6. The molecule has 42 heavy (non-hydrogen) atoms. The summed E-state index contributed by atoms with van der Waals surface area (Å²) in [5, 5.41) is 7.22. The summed E-state index contributed by atoms with van der Waals surface area (Å²) in [6.07, 6.45) is 0.409. The van der Waals surface area contributed by atoms with Crippen LogP contribution >= 0.6 is 0 Å². The van der Waals surface area contributed by atoms with Crippen molar-refractivity contribution >= 4 is 28.4 Å². The van der Waals surface area contributed by atoms with E-state index in [2.05, 4.69) is 25.4 Å². The monoisotopic (exact) mass is 580 g/mol. The van der Waals surface area contributed by atoms with Crippen molar-refractivity contribution in [2.75, 3.05) is 17.7 Å². The molecule has 0 fully saturated rings. The van der Waals surface area contributed by atoms with Crippen LogP contribution in [0.1, 0.15) is 41.9 Å². The molecular weight excluding hydrogens is 556 g/mol. The summed E-state index contributed by atoms with van der Waals surface area (Å²) >= 11 is 0. The summed E-state index contributed by atoms with van der Waals surface area (Å²) in [5.41, 5.74) is 6.80. The molecule has 1 atom stereocenters. The van der Waals surface area contributed by atoms with Gasteiger partial charge in [-0.25, -0.2) is 32.5 Å². The summed E-state index contributed by atoms with van der Waals surface area (Å²) in [6, 6.07) is 8.31. The highest BCUT2D eigenvalue weighted by Gasteiger charge is 2.27. The predicted molar refractivity (Wildman–Crippen MR) is 148 cm³/mol. The number of nitrogens with zero attached hydrogens (tertiary/aromatic N) is 6. The lowest BCUT2D eigenvalue weighted by molar-refractivity contribution is 0.0705. The van der Waals surface area contributed by atoms with Gasteiger partial charge >= 0.3 is 0 Å². The Labute approximate surface area is 235 Å². The van der Waals surface area contributed by atoms with Gasteiger partial charge in [0.15, 0.2) is 5.82 Å². The van der Waals surface area contributed by atoms with Gasteiger partial charge in [0.2, 0.25) is 0 Å². The molecule has 1 aromatic carbocycles. The zero-order valence-electron chi connectivity index (χ0n) is 22.3. The number of anilines is 2. The predicted octanol–water partition coefficient (Wildman–Crippen LogP) is 4.91. The first-order valence-electron chi connectivity index (χ1n) is 12.7. The minimum absolute atomic E-state index is 0.0311. The van der Waals surface area contributed by atoms with Crippen molar-refractivity contribution in [2.24, 2.45) is 0 Å². The summed E-state index contributed by atoms with van der Waals surface area (Å²) in [4.78, 5) is 38.3. The smallest absolute Gasteiger partial charge is 0.285 e. The van der Waals surface area contributed by atoms with Gasteiger partial charge < -0.3 is 15.6 Å². The van der Waals surface area contributed by atoms with E-state index in [1.807, 2.05) is 13.8 Å². The number of amides is 1. The fraction of sp³-hybridized carbons (Fsp3) is 0.214. The molecule has 0 radical (unpaired) electrons. The van der Waals surface area contributed by atoms with E-state index >= 15 is 0 Å². The lowest BCUT2D eigenvalue weighted by Gasteiger charge is -2.14. The zero-order valence-corrected chi connectivity index (χ0v) is 22.3. The quantitative estimate of drug-likeness (QED) is 0.249. The maximum Gasteiger partial charge on any atom is 0.285 e. The van der Waals surface area contributed by atoms with E-state index in [1.54, 1.807) is 24.3 Å². The number of benzene rings is 1.